The highest BCUT2D eigenvalue weighted by Gasteiger charge is 2.19. The van der Waals surface area contributed by atoms with Crippen molar-refractivity contribution in [2.45, 2.75) is 18.1 Å². The Labute approximate surface area is 156 Å². The first kappa shape index (κ1) is 18.7. The summed E-state index contributed by atoms with van der Waals surface area (Å²) >= 11 is 1.63. The number of nitrogens with one attached hydrogen (secondary N) is 1. The smallest absolute Gasteiger partial charge is 0.254 e. The molecule has 0 fully saturated rings. The molecule has 0 saturated heterocycles. The number of pyridine rings is 1. The van der Waals surface area contributed by atoms with Gasteiger partial charge in [0.2, 0.25) is 10.0 Å². The Hall–Kier alpha value is -2.07. The Kier molecular flexibility index (Phi) is 5.24. The third-order valence-corrected chi connectivity index (χ3v) is 6.80. The molecule has 7 nitrogen and oxygen atoms in total. The molecule has 0 aliphatic carbocycles. The van der Waals surface area contributed by atoms with Crippen LogP contribution < -0.4 is 10.5 Å². The van der Waals surface area contributed by atoms with Crippen molar-refractivity contribution >= 4 is 31.6 Å². The molecule has 0 bridgehead atoms. The maximum absolute atomic E-state index is 12.3. The molecule has 3 rings (SSSR count). The lowest BCUT2D eigenvalue weighted by Crippen LogP contribution is -3.07. The molecule has 0 spiro atoms. The second-order valence-electron chi connectivity index (χ2n) is 6.33. The topological polar surface area (TPSA) is 76.7 Å². The van der Waals surface area contributed by atoms with Gasteiger partial charge in [-0.1, -0.05) is 12.1 Å². The lowest BCUT2D eigenvalue weighted by atomic mass is 10.3. The molecule has 0 aliphatic heterocycles. The van der Waals surface area contributed by atoms with Crippen molar-refractivity contribution < 1.29 is 13.3 Å². The molecular weight excluding hydrogens is 372 g/mol. The highest BCUT2D eigenvalue weighted by atomic mass is 32.2. The van der Waals surface area contributed by atoms with Gasteiger partial charge in [0.1, 0.15) is 11.6 Å². The minimum absolute atomic E-state index is 0.106. The zero-order valence-electron chi connectivity index (χ0n) is 14.8. The second-order valence-corrected chi connectivity index (χ2v) is 9.59. The van der Waals surface area contributed by atoms with Crippen molar-refractivity contribution in [2.24, 2.45) is 0 Å². The van der Waals surface area contributed by atoms with Crippen molar-refractivity contribution in [1.82, 2.24) is 13.9 Å². The van der Waals surface area contributed by atoms with Gasteiger partial charge in [-0.3, -0.25) is 9.36 Å². The average Bonchev–Trinajstić information content (AvgIpc) is 2.98. The van der Waals surface area contributed by atoms with Gasteiger partial charge in [0.15, 0.2) is 6.67 Å². The molecule has 1 aromatic carbocycles. The van der Waals surface area contributed by atoms with Crippen molar-refractivity contribution in [2.75, 3.05) is 21.1 Å². The monoisotopic (exact) mass is 393 g/mol. The van der Waals surface area contributed by atoms with E-state index in [9.17, 15) is 13.2 Å². The predicted molar refractivity (Wildman–Crippen MR) is 102 cm³/mol. The number of quaternary nitrogens is 1. The normalized spacial score (nSPS) is 13.4. The molecule has 9 heteroatoms. The van der Waals surface area contributed by atoms with E-state index in [1.807, 2.05) is 31.3 Å². The number of rotatable bonds is 6. The summed E-state index contributed by atoms with van der Waals surface area (Å²) in [5.74, 6) is 0. The Bertz CT molecular complexity index is 1050. The SMILES string of the molecule is CN(C)S(=O)(=O)c1ccc(=O)n(C[NH+](C)Cc2nc3ccccc3s2)c1. The molecule has 2 heterocycles. The first-order valence-corrected chi connectivity index (χ1v) is 10.3. The molecule has 0 radical (unpaired) electrons. The highest BCUT2D eigenvalue weighted by Crippen LogP contribution is 2.20. The number of hydrogen-bond donors (Lipinski definition) is 1. The highest BCUT2D eigenvalue weighted by molar-refractivity contribution is 7.89. The first-order valence-electron chi connectivity index (χ1n) is 8.06. The molecule has 0 aliphatic rings. The Morgan fingerprint density at radius 2 is 1.92 bits per heavy atom. The van der Waals surface area contributed by atoms with E-state index in [4.69, 9.17) is 0 Å². The predicted octanol–water partition coefficient (Wildman–Crippen LogP) is 0.381. The van der Waals surface area contributed by atoms with Gasteiger partial charge in [-0.2, -0.15) is 0 Å². The quantitative estimate of drug-likeness (QED) is 0.657. The average molecular weight is 394 g/mol. The number of para-hydroxylation sites is 1. The summed E-state index contributed by atoms with van der Waals surface area (Å²) in [4.78, 5) is 17.9. The summed E-state index contributed by atoms with van der Waals surface area (Å²) in [5.41, 5.74) is 0.739. The largest absolute Gasteiger partial charge is 0.314 e. The minimum atomic E-state index is -3.57. The summed E-state index contributed by atoms with van der Waals surface area (Å²) in [6.07, 6.45) is 1.40. The van der Waals surface area contributed by atoms with Gasteiger partial charge in [0, 0.05) is 26.4 Å². The maximum Gasteiger partial charge on any atom is 0.254 e. The molecule has 0 amide bonds. The fraction of sp³-hybridized carbons (Fsp3) is 0.294. The van der Waals surface area contributed by atoms with Crippen LogP contribution in [0, 0.1) is 0 Å². The van der Waals surface area contributed by atoms with Crippen LogP contribution in [0.5, 0.6) is 0 Å². The molecule has 26 heavy (non-hydrogen) atoms. The van der Waals surface area contributed by atoms with Crippen LogP contribution in [0.15, 0.2) is 52.3 Å². The summed E-state index contributed by atoms with van der Waals surface area (Å²) in [5, 5.41) is 0.980. The summed E-state index contributed by atoms with van der Waals surface area (Å²) < 4.78 is 28.2. The fourth-order valence-electron chi connectivity index (χ4n) is 2.60. The van der Waals surface area contributed by atoms with Crippen LogP contribution in [0.1, 0.15) is 5.01 Å². The van der Waals surface area contributed by atoms with Gasteiger partial charge in [0.25, 0.3) is 5.56 Å². The Balaban J connectivity index is 1.80. The fourth-order valence-corrected chi connectivity index (χ4v) is 4.60. The summed E-state index contributed by atoms with van der Waals surface area (Å²) in [7, 11) is 1.31. The van der Waals surface area contributed by atoms with E-state index in [0.717, 1.165) is 24.4 Å². The third kappa shape index (κ3) is 3.85. The lowest BCUT2D eigenvalue weighted by molar-refractivity contribution is -0.917. The lowest BCUT2D eigenvalue weighted by Gasteiger charge is -2.16. The Morgan fingerprint density at radius 1 is 1.19 bits per heavy atom. The van der Waals surface area contributed by atoms with Crippen LogP contribution in [0.4, 0.5) is 0 Å². The maximum atomic E-state index is 12.3. The van der Waals surface area contributed by atoms with Gasteiger partial charge in [-0.05, 0) is 18.2 Å². The van der Waals surface area contributed by atoms with E-state index in [1.165, 1.54) is 37.0 Å². The van der Waals surface area contributed by atoms with E-state index in [-0.39, 0.29) is 10.5 Å². The van der Waals surface area contributed by atoms with Crippen LogP contribution in [0.3, 0.4) is 0 Å². The van der Waals surface area contributed by atoms with Gasteiger partial charge in [-0.25, -0.2) is 17.7 Å². The second kappa shape index (κ2) is 7.28. The van der Waals surface area contributed by atoms with Gasteiger partial charge in [0.05, 0.1) is 22.2 Å². The van der Waals surface area contributed by atoms with E-state index in [2.05, 4.69) is 4.98 Å². The molecule has 1 N–H and O–H groups in total. The number of sulfonamides is 1. The number of fused-ring (bicyclic) bond motifs is 1. The van der Waals surface area contributed by atoms with Crippen LogP contribution >= 0.6 is 11.3 Å². The van der Waals surface area contributed by atoms with Crippen molar-refractivity contribution in [1.29, 1.82) is 0 Å². The van der Waals surface area contributed by atoms with Gasteiger partial charge < -0.3 is 4.90 Å². The van der Waals surface area contributed by atoms with E-state index in [0.29, 0.717) is 13.2 Å². The molecule has 1 unspecified atom stereocenters. The molecular formula is C17H21N4O3S2+. The standard InChI is InChI=1S/C17H20N4O3S2/c1-19(2)26(23,24)13-8-9-17(22)21(10-13)12-20(3)11-16-18-14-6-4-5-7-15(14)25-16/h4-10H,11-12H2,1-3H3/p+1. The van der Waals surface area contributed by atoms with E-state index in [1.54, 1.807) is 11.3 Å². The van der Waals surface area contributed by atoms with Crippen LogP contribution in [0.25, 0.3) is 10.2 Å². The van der Waals surface area contributed by atoms with Crippen molar-refractivity contribution in [3.8, 4) is 0 Å². The minimum Gasteiger partial charge on any atom is -0.314 e. The third-order valence-electron chi connectivity index (χ3n) is 3.97. The molecule has 1 atom stereocenters. The van der Waals surface area contributed by atoms with E-state index >= 15 is 0 Å². The number of aromatic nitrogens is 2. The summed E-state index contributed by atoms with van der Waals surface area (Å²) in [6, 6.07) is 10.6. The molecule has 0 saturated carbocycles. The number of thiazole rings is 1. The molecule has 2 aromatic heterocycles. The van der Waals surface area contributed by atoms with Crippen molar-refractivity contribution in [3.05, 3.63) is 58.0 Å². The van der Waals surface area contributed by atoms with Crippen LogP contribution in [0.2, 0.25) is 0 Å². The number of nitrogens with zero attached hydrogens (tertiary/aromatic N) is 3. The van der Waals surface area contributed by atoms with Gasteiger partial charge in [-0.15, -0.1) is 11.3 Å². The number of benzene rings is 1. The zero-order chi connectivity index (χ0) is 18.9. The molecule has 3 aromatic rings. The zero-order valence-corrected chi connectivity index (χ0v) is 16.5. The van der Waals surface area contributed by atoms with Crippen LogP contribution in [-0.4, -0.2) is 43.4 Å². The van der Waals surface area contributed by atoms with Crippen LogP contribution in [-0.2, 0) is 23.2 Å². The Morgan fingerprint density at radius 3 is 2.62 bits per heavy atom. The van der Waals surface area contributed by atoms with E-state index < -0.39 is 10.0 Å². The molecule has 138 valence electrons. The van der Waals surface area contributed by atoms with Gasteiger partial charge >= 0.3 is 0 Å². The number of hydrogen-bond acceptors (Lipinski definition) is 5. The summed E-state index contributed by atoms with van der Waals surface area (Å²) in [6.45, 7) is 1.00. The van der Waals surface area contributed by atoms with Crippen molar-refractivity contribution in [3.63, 3.8) is 0 Å². The first-order chi connectivity index (χ1) is 12.3.